The highest BCUT2D eigenvalue weighted by atomic mass is 35.5. The first-order chi connectivity index (χ1) is 21.1. The first-order valence-corrected chi connectivity index (χ1v) is 14.2. The Morgan fingerprint density at radius 2 is 1.60 bits per heavy atom. The molecule has 218 valence electrons. The maximum Gasteiger partial charge on any atom is 0.271 e. The van der Waals surface area contributed by atoms with Crippen LogP contribution in [-0.4, -0.2) is 25.8 Å². The molecule has 8 heteroatoms. The van der Waals surface area contributed by atoms with E-state index in [1.807, 2.05) is 61.5 Å². The first-order valence-electron chi connectivity index (χ1n) is 13.8. The monoisotopic (exact) mass is 594 g/mol. The van der Waals surface area contributed by atoms with Crippen LogP contribution < -0.4 is 24.4 Å². The van der Waals surface area contributed by atoms with Crippen LogP contribution in [0, 0.1) is 0 Å². The largest absolute Gasteiger partial charge is 0.493 e. The molecule has 0 aromatic heterocycles. The SMILES string of the molecule is CCOc1cc(/C=N/NC(=O)c2ccc(OCc3ccccc3)c(OC)c2)cc(Cl)c1OCc1cccc2ccccc12. The van der Waals surface area contributed by atoms with Crippen molar-refractivity contribution in [3.05, 3.63) is 130 Å². The van der Waals surface area contributed by atoms with Crippen LogP contribution >= 0.6 is 11.6 Å². The molecule has 1 amide bonds. The zero-order valence-corrected chi connectivity index (χ0v) is 24.6. The lowest BCUT2D eigenvalue weighted by Crippen LogP contribution is -2.17. The number of carbonyl (C=O) groups is 1. The van der Waals surface area contributed by atoms with E-state index >= 15 is 0 Å². The fourth-order valence-electron chi connectivity index (χ4n) is 4.53. The Morgan fingerprint density at radius 1 is 0.814 bits per heavy atom. The molecule has 0 bridgehead atoms. The summed E-state index contributed by atoms with van der Waals surface area (Å²) in [6, 6.07) is 32.5. The Balaban J connectivity index is 1.25. The molecule has 5 rings (SSSR count). The maximum absolute atomic E-state index is 12.8. The number of hydrazone groups is 1. The van der Waals surface area contributed by atoms with Gasteiger partial charge in [0.25, 0.3) is 5.91 Å². The number of hydrogen-bond donors (Lipinski definition) is 1. The normalized spacial score (nSPS) is 11.0. The van der Waals surface area contributed by atoms with Gasteiger partial charge in [-0.3, -0.25) is 4.79 Å². The van der Waals surface area contributed by atoms with Gasteiger partial charge < -0.3 is 18.9 Å². The number of fused-ring (bicyclic) bond motifs is 1. The summed E-state index contributed by atoms with van der Waals surface area (Å²) in [5.74, 6) is 1.50. The fourth-order valence-corrected chi connectivity index (χ4v) is 4.80. The van der Waals surface area contributed by atoms with Crippen molar-refractivity contribution in [2.75, 3.05) is 13.7 Å². The number of nitrogens with zero attached hydrogens (tertiary/aromatic N) is 1. The Bertz CT molecular complexity index is 1730. The summed E-state index contributed by atoms with van der Waals surface area (Å²) in [5, 5.41) is 6.74. The molecular weight excluding hydrogens is 564 g/mol. The zero-order chi connectivity index (χ0) is 30.0. The molecule has 0 aliphatic rings. The molecule has 0 atom stereocenters. The molecular formula is C35H31ClN2O5. The number of halogens is 1. The highest BCUT2D eigenvalue weighted by Crippen LogP contribution is 2.37. The maximum atomic E-state index is 12.8. The molecule has 0 fully saturated rings. The standard InChI is InChI=1S/C35H31ClN2O5/c1-3-41-33-19-25(18-30(36)34(33)43-23-28-14-9-13-26-12-7-8-15-29(26)28)21-37-38-35(39)27-16-17-31(32(20-27)40-2)42-22-24-10-5-4-6-11-24/h4-21H,3,22-23H2,1-2H3,(H,38,39)/b37-21+. The van der Waals surface area contributed by atoms with E-state index in [0.29, 0.717) is 59.0 Å². The molecule has 5 aromatic carbocycles. The minimum absolute atomic E-state index is 0.324. The summed E-state index contributed by atoms with van der Waals surface area (Å²) < 4.78 is 23.3. The number of nitrogens with one attached hydrogen (secondary N) is 1. The van der Waals surface area contributed by atoms with E-state index in [-0.39, 0.29) is 0 Å². The molecule has 0 spiro atoms. The van der Waals surface area contributed by atoms with Crippen molar-refractivity contribution >= 4 is 34.5 Å². The van der Waals surface area contributed by atoms with Crippen molar-refractivity contribution in [3.63, 3.8) is 0 Å². The van der Waals surface area contributed by atoms with Crippen LogP contribution in [0.2, 0.25) is 5.02 Å². The number of hydrogen-bond acceptors (Lipinski definition) is 6. The second-order valence-corrected chi connectivity index (χ2v) is 9.94. The Labute approximate surface area is 255 Å². The van der Waals surface area contributed by atoms with E-state index in [2.05, 4.69) is 28.7 Å². The van der Waals surface area contributed by atoms with Crippen LogP contribution in [0.5, 0.6) is 23.0 Å². The smallest absolute Gasteiger partial charge is 0.271 e. The average molecular weight is 595 g/mol. The third-order valence-electron chi connectivity index (χ3n) is 6.63. The molecule has 0 saturated heterocycles. The van der Waals surface area contributed by atoms with Crippen molar-refractivity contribution in [2.24, 2.45) is 5.10 Å². The lowest BCUT2D eigenvalue weighted by molar-refractivity contribution is 0.0954. The summed E-state index contributed by atoms with van der Waals surface area (Å²) in [7, 11) is 1.53. The van der Waals surface area contributed by atoms with E-state index in [1.54, 1.807) is 30.3 Å². The van der Waals surface area contributed by atoms with Crippen LogP contribution in [0.15, 0.2) is 108 Å². The lowest BCUT2D eigenvalue weighted by atomic mass is 10.1. The summed E-state index contributed by atoms with van der Waals surface area (Å²) in [5.41, 5.74) is 5.61. The topological polar surface area (TPSA) is 78.4 Å². The molecule has 1 N–H and O–H groups in total. The summed E-state index contributed by atoms with van der Waals surface area (Å²) >= 11 is 6.63. The number of amides is 1. The number of ether oxygens (including phenoxy) is 4. The van der Waals surface area contributed by atoms with Crippen molar-refractivity contribution < 1.29 is 23.7 Å². The van der Waals surface area contributed by atoms with Gasteiger partial charge >= 0.3 is 0 Å². The summed E-state index contributed by atoms with van der Waals surface area (Å²) in [6.45, 7) is 3.01. The van der Waals surface area contributed by atoms with E-state index in [1.165, 1.54) is 13.3 Å². The lowest BCUT2D eigenvalue weighted by Gasteiger charge is -2.15. The quantitative estimate of drug-likeness (QED) is 0.118. The highest BCUT2D eigenvalue weighted by Gasteiger charge is 2.14. The number of carbonyl (C=O) groups excluding carboxylic acids is 1. The third kappa shape index (κ3) is 7.45. The van der Waals surface area contributed by atoms with Crippen LogP contribution in [-0.2, 0) is 13.2 Å². The first kappa shape index (κ1) is 29.5. The highest BCUT2D eigenvalue weighted by molar-refractivity contribution is 6.32. The van der Waals surface area contributed by atoms with Gasteiger partial charge in [-0.05, 0) is 64.7 Å². The second kappa shape index (κ2) is 14.2. The Morgan fingerprint density at radius 3 is 2.42 bits per heavy atom. The van der Waals surface area contributed by atoms with Gasteiger partial charge in [0.2, 0.25) is 0 Å². The van der Waals surface area contributed by atoms with E-state index in [9.17, 15) is 4.79 Å². The van der Waals surface area contributed by atoms with Gasteiger partial charge in [0.05, 0.1) is 25.0 Å². The van der Waals surface area contributed by atoms with Crippen molar-refractivity contribution in [1.29, 1.82) is 0 Å². The van der Waals surface area contributed by atoms with Gasteiger partial charge in [-0.1, -0.05) is 84.4 Å². The predicted octanol–water partition coefficient (Wildman–Crippen LogP) is 7.82. The minimum Gasteiger partial charge on any atom is -0.493 e. The Hall–Kier alpha value is -5.01. The minimum atomic E-state index is -0.407. The predicted molar refractivity (Wildman–Crippen MR) is 170 cm³/mol. The molecule has 5 aromatic rings. The number of benzene rings is 5. The average Bonchev–Trinajstić information content (AvgIpc) is 3.04. The van der Waals surface area contributed by atoms with E-state index in [4.69, 9.17) is 30.5 Å². The molecule has 0 aliphatic heterocycles. The summed E-state index contributed by atoms with van der Waals surface area (Å²) in [4.78, 5) is 12.8. The van der Waals surface area contributed by atoms with Gasteiger partial charge in [-0.2, -0.15) is 5.10 Å². The summed E-state index contributed by atoms with van der Waals surface area (Å²) in [6.07, 6.45) is 1.50. The van der Waals surface area contributed by atoms with Crippen molar-refractivity contribution in [1.82, 2.24) is 5.43 Å². The third-order valence-corrected chi connectivity index (χ3v) is 6.91. The molecule has 0 radical (unpaired) electrons. The fraction of sp³-hybridized carbons (Fsp3) is 0.143. The van der Waals surface area contributed by atoms with E-state index < -0.39 is 5.91 Å². The second-order valence-electron chi connectivity index (χ2n) is 9.53. The molecule has 7 nitrogen and oxygen atoms in total. The molecule has 0 aliphatic carbocycles. The molecule has 0 saturated carbocycles. The van der Waals surface area contributed by atoms with Gasteiger partial charge in [0, 0.05) is 5.56 Å². The molecule has 0 unspecified atom stereocenters. The van der Waals surface area contributed by atoms with Crippen LogP contribution in [0.25, 0.3) is 10.8 Å². The van der Waals surface area contributed by atoms with Gasteiger partial charge in [-0.15, -0.1) is 0 Å². The zero-order valence-electron chi connectivity index (χ0n) is 23.9. The van der Waals surface area contributed by atoms with Crippen molar-refractivity contribution in [3.8, 4) is 23.0 Å². The van der Waals surface area contributed by atoms with E-state index in [0.717, 1.165) is 21.9 Å². The van der Waals surface area contributed by atoms with Crippen LogP contribution in [0.1, 0.15) is 34.0 Å². The molecule has 0 heterocycles. The van der Waals surface area contributed by atoms with Crippen LogP contribution in [0.3, 0.4) is 0 Å². The van der Waals surface area contributed by atoms with Gasteiger partial charge in [0.15, 0.2) is 23.0 Å². The van der Waals surface area contributed by atoms with Crippen molar-refractivity contribution in [2.45, 2.75) is 20.1 Å². The Kier molecular flexibility index (Phi) is 9.77. The number of rotatable bonds is 12. The van der Waals surface area contributed by atoms with Gasteiger partial charge in [0.1, 0.15) is 13.2 Å². The molecule has 43 heavy (non-hydrogen) atoms. The van der Waals surface area contributed by atoms with Crippen LogP contribution in [0.4, 0.5) is 0 Å². The van der Waals surface area contributed by atoms with Gasteiger partial charge in [-0.25, -0.2) is 5.43 Å². The number of methoxy groups -OCH3 is 1.